The molecule has 1 aliphatic heterocycles. The number of benzene rings is 2. The van der Waals surface area contributed by atoms with Crippen LogP contribution in [0.15, 0.2) is 72.8 Å². The Balaban J connectivity index is 2.12. The second-order valence-electron chi connectivity index (χ2n) is 9.63. The van der Waals surface area contributed by atoms with Crippen molar-refractivity contribution >= 4 is 18.7 Å². The van der Waals surface area contributed by atoms with Crippen LogP contribution < -0.4 is 10.4 Å². The average Bonchev–Trinajstić information content (AvgIpc) is 2.86. The van der Waals surface area contributed by atoms with Crippen LogP contribution in [0.2, 0.25) is 5.04 Å². The maximum Gasteiger partial charge on any atom is 0.261 e. The molecule has 2 aromatic rings. The lowest BCUT2D eigenvalue weighted by Gasteiger charge is -2.46. The summed E-state index contributed by atoms with van der Waals surface area (Å²) in [5.74, 6) is 0. The van der Waals surface area contributed by atoms with Crippen molar-refractivity contribution in [3.05, 3.63) is 72.8 Å². The highest BCUT2D eigenvalue weighted by molar-refractivity contribution is 6.99. The van der Waals surface area contributed by atoms with Crippen molar-refractivity contribution in [2.75, 3.05) is 6.61 Å². The predicted octanol–water partition coefficient (Wildman–Crippen LogP) is 3.80. The van der Waals surface area contributed by atoms with Crippen LogP contribution in [0.5, 0.6) is 0 Å². The number of aliphatic hydroxyl groups excluding tert-OH is 2. The lowest BCUT2D eigenvalue weighted by Crippen LogP contribution is -2.68. The summed E-state index contributed by atoms with van der Waals surface area (Å²) in [7, 11) is -2.74. The van der Waals surface area contributed by atoms with Crippen LogP contribution in [-0.2, 0) is 9.16 Å². The second-order valence-corrected chi connectivity index (χ2v) is 13.9. The van der Waals surface area contributed by atoms with Gasteiger partial charge in [-0.2, -0.15) is 0 Å². The molecule has 0 amide bonds. The summed E-state index contributed by atoms with van der Waals surface area (Å²) >= 11 is 0. The molecule has 0 saturated carbocycles. The van der Waals surface area contributed by atoms with E-state index < -0.39 is 20.5 Å². The van der Waals surface area contributed by atoms with Crippen LogP contribution in [-0.4, -0.2) is 49.6 Å². The third-order valence-corrected chi connectivity index (χ3v) is 11.5. The van der Waals surface area contributed by atoms with Crippen LogP contribution in [0.1, 0.15) is 47.0 Å². The topological polar surface area (TPSA) is 58.9 Å². The zero-order chi connectivity index (χ0) is 23.2. The maximum atomic E-state index is 10.4. The Hall–Kier alpha value is -1.76. The molecule has 0 spiro atoms. The lowest BCUT2D eigenvalue weighted by molar-refractivity contribution is -0.125. The number of aliphatic hydroxyl groups is 2. The third kappa shape index (κ3) is 5.24. The zero-order valence-corrected chi connectivity index (χ0v) is 20.8. The van der Waals surface area contributed by atoms with Gasteiger partial charge in [-0.25, -0.2) is 0 Å². The molecule has 2 aromatic carbocycles. The number of rotatable bonds is 6. The fourth-order valence-electron chi connectivity index (χ4n) is 4.74. The number of ether oxygens (including phenoxy) is 1. The summed E-state index contributed by atoms with van der Waals surface area (Å²) in [5, 5.41) is 22.6. The minimum Gasteiger partial charge on any atom is -0.402 e. The van der Waals surface area contributed by atoms with Gasteiger partial charge in [0.25, 0.3) is 8.32 Å². The normalized spacial score (nSPS) is 26.1. The Morgan fingerprint density at radius 3 is 1.91 bits per heavy atom. The number of hydrogen-bond donors (Lipinski definition) is 2. The molecule has 1 heterocycles. The smallest absolute Gasteiger partial charge is 0.261 e. The van der Waals surface area contributed by atoms with Crippen LogP contribution >= 0.6 is 0 Å². The summed E-state index contributed by atoms with van der Waals surface area (Å²) in [6, 6.07) is 21.2. The molecule has 0 fully saturated rings. The Bertz CT molecular complexity index is 807. The van der Waals surface area contributed by atoms with E-state index in [0.29, 0.717) is 12.8 Å². The van der Waals surface area contributed by atoms with Crippen LogP contribution in [0.4, 0.5) is 0 Å². The highest BCUT2D eigenvalue weighted by Gasteiger charge is 2.52. The van der Waals surface area contributed by atoms with Crippen LogP contribution in [0.25, 0.3) is 0 Å². The molecule has 32 heavy (non-hydrogen) atoms. The highest BCUT2D eigenvalue weighted by Crippen LogP contribution is 2.39. The fraction of sp³-hybridized carbons (Fsp3) is 0.481. The predicted molar refractivity (Wildman–Crippen MR) is 133 cm³/mol. The van der Waals surface area contributed by atoms with E-state index in [1.807, 2.05) is 18.2 Å². The molecule has 5 heteroatoms. The molecule has 0 aliphatic carbocycles. The summed E-state index contributed by atoms with van der Waals surface area (Å²) in [6.07, 6.45) is 4.22. The minimum atomic E-state index is -2.74. The lowest BCUT2D eigenvalue weighted by atomic mass is 10.1. The summed E-state index contributed by atoms with van der Waals surface area (Å²) in [5.41, 5.74) is 0. The minimum absolute atomic E-state index is 0.133. The van der Waals surface area contributed by atoms with Crippen molar-refractivity contribution in [1.29, 1.82) is 0 Å². The summed E-state index contributed by atoms with van der Waals surface area (Å²) in [6.45, 7) is 8.68. The molecule has 1 unspecified atom stereocenters. The van der Waals surface area contributed by atoms with Crippen LogP contribution in [0.3, 0.4) is 0 Å². The molecule has 4 atom stereocenters. The van der Waals surface area contributed by atoms with Gasteiger partial charge < -0.3 is 19.4 Å². The molecule has 4 nitrogen and oxygen atoms in total. The quantitative estimate of drug-likeness (QED) is 0.515. The molecule has 0 bridgehead atoms. The van der Waals surface area contributed by atoms with Gasteiger partial charge in [0.1, 0.15) is 6.10 Å². The highest BCUT2D eigenvalue weighted by atomic mass is 28.4. The standard InChI is InChI=1S/C27H38O4Si/c1-5-24-25(19-13-12-18-23(29)26(20-28)30-24)31-32(27(2,3)4,21-14-8-6-9-15-21)22-16-10-7-11-17-22/h6-17,23-26,28-29H,5,18-20H2,1-4H3/b13-12-/t23-,24+,25-,26?/m1/s1. The van der Waals surface area contributed by atoms with E-state index >= 15 is 0 Å². The molecule has 0 aromatic heterocycles. The first-order chi connectivity index (χ1) is 15.3. The van der Waals surface area contributed by atoms with Gasteiger partial charge in [0.15, 0.2) is 0 Å². The first-order valence-electron chi connectivity index (χ1n) is 11.7. The average molecular weight is 455 g/mol. The van der Waals surface area contributed by atoms with E-state index in [-0.39, 0.29) is 23.9 Å². The van der Waals surface area contributed by atoms with E-state index in [2.05, 4.69) is 82.3 Å². The summed E-state index contributed by atoms with van der Waals surface area (Å²) < 4.78 is 13.6. The van der Waals surface area contributed by atoms with Crippen molar-refractivity contribution < 1.29 is 19.4 Å². The van der Waals surface area contributed by atoms with E-state index in [1.165, 1.54) is 10.4 Å². The van der Waals surface area contributed by atoms with Gasteiger partial charge in [0.05, 0.1) is 24.9 Å². The molecular formula is C27H38O4Si. The molecular weight excluding hydrogens is 416 g/mol. The van der Waals surface area contributed by atoms with Crippen molar-refractivity contribution in [1.82, 2.24) is 0 Å². The van der Waals surface area contributed by atoms with E-state index in [9.17, 15) is 10.2 Å². The van der Waals surface area contributed by atoms with Gasteiger partial charge in [0.2, 0.25) is 0 Å². The first-order valence-corrected chi connectivity index (χ1v) is 13.6. The van der Waals surface area contributed by atoms with E-state index in [4.69, 9.17) is 9.16 Å². The molecule has 0 saturated heterocycles. The van der Waals surface area contributed by atoms with Gasteiger partial charge in [0, 0.05) is 0 Å². The van der Waals surface area contributed by atoms with Gasteiger partial charge in [-0.3, -0.25) is 0 Å². The molecule has 174 valence electrons. The van der Waals surface area contributed by atoms with E-state index in [0.717, 1.165) is 6.42 Å². The van der Waals surface area contributed by atoms with Gasteiger partial charge in [-0.05, 0) is 34.7 Å². The van der Waals surface area contributed by atoms with Gasteiger partial charge in [-0.1, -0.05) is 101 Å². The van der Waals surface area contributed by atoms with Crippen molar-refractivity contribution in [3.63, 3.8) is 0 Å². The molecule has 0 radical (unpaired) electrons. The van der Waals surface area contributed by atoms with Crippen molar-refractivity contribution in [2.45, 2.75) is 76.4 Å². The summed E-state index contributed by atoms with van der Waals surface area (Å²) in [4.78, 5) is 0. The molecule has 1 aliphatic rings. The largest absolute Gasteiger partial charge is 0.402 e. The fourth-order valence-corrected chi connectivity index (χ4v) is 9.46. The molecule has 2 N–H and O–H groups in total. The Morgan fingerprint density at radius 2 is 1.44 bits per heavy atom. The van der Waals surface area contributed by atoms with Gasteiger partial charge in [-0.15, -0.1) is 0 Å². The first kappa shape index (κ1) is 24.9. The Labute approximate surface area is 194 Å². The SMILES string of the molecule is CC[C@@H]1OC(CO)[C@H](O)C/C=C\C[C@H]1O[Si](c1ccccc1)(c1ccccc1)C(C)(C)C. The maximum absolute atomic E-state index is 10.4. The van der Waals surface area contributed by atoms with Crippen molar-refractivity contribution in [2.24, 2.45) is 0 Å². The number of hydrogen-bond acceptors (Lipinski definition) is 4. The third-order valence-electron chi connectivity index (χ3n) is 6.43. The zero-order valence-electron chi connectivity index (χ0n) is 19.8. The van der Waals surface area contributed by atoms with Gasteiger partial charge >= 0.3 is 0 Å². The molecule has 3 rings (SSSR count). The van der Waals surface area contributed by atoms with Crippen molar-refractivity contribution in [3.8, 4) is 0 Å². The van der Waals surface area contributed by atoms with E-state index in [1.54, 1.807) is 0 Å². The Kier molecular flexibility index (Phi) is 8.47. The second kappa shape index (κ2) is 10.9. The van der Waals surface area contributed by atoms with Crippen LogP contribution in [0, 0.1) is 0 Å². The Morgan fingerprint density at radius 1 is 0.906 bits per heavy atom. The monoisotopic (exact) mass is 454 g/mol.